The number of hydrogen-bond donors (Lipinski definition) is 1. The number of hydrazone groups is 1. The van der Waals surface area contributed by atoms with Gasteiger partial charge in [0.2, 0.25) is 0 Å². The van der Waals surface area contributed by atoms with E-state index in [4.69, 9.17) is 13.6 Å². The minimum absolute atomic E-state index is 0.186. The minimum Gasteiger partial charge on any atom is -0.494 e. The van der Waals surface area contributed by atoms with Crippen molar-refractivity contribution in [2.45, 2.75) is 6.92 Å². The molecule has 0 radical (unpaired) electrons. The number of nitrogens with zero attached hydrogens (tertiary/aromatic N) is 1. The highest BCUT2D eigenvalue weighted by molar-refractivity contribution is 5.96. The molecule has 0 unspecified atom stereocenters. The maximum absolute atomic E-state index is 12.0. The smallest absolute Gasteiger partial charge is 0.307 e. The summed E-state index contributed by atoms with van der Waals surface area (Å²) in [5, 5.41) is 4.63. The monoisotopic (exact) mass is 324 g/mol. The number of amides is 1. The molecule has 1 amide bonds. The van der Waals surface area contributed by atoms with Crippen LogP contribution in [-0.4, -0.2) is 18.7 Å². The van der Waals surface area contributed by atoms with Gasteiger partial charge in [-0.3, -0.25) is 4.79 Å². The van der Waals surface area contributed by atoms with Crippen LogP contribution in [0.3, 0.4) is 0 Å². The molecular formula is C18H16N2O4. The number of carbonyl (C=O) groups is 1. The highest BCUT2D eigenvalue weighted by Crippen LogP contribution is 2.24. The second-order valence-corrected chi connectivity index (χ2v) is 4.84. The molecule has 0 spiro atoms. The van der Waals surface area contributed by atoms with Crippen LogP contribution < -0.4 is 10.2 Å². The van der Waals surface area contributed by atoms with Gasteiger partial charge in [0.05, 0.1) is 12.9 Å². The van der Waals surface area contributed by atoms with Crippen LogP contribution >= 0.6 is 0 Å². The summed E-state index contributed by atoms with van der Waals surface area (Å²) in [6.07, 6.45) is 6.42. The van der Waals surface area contributed by atoms with Gasteiger partial charge in [0, 0.05) is 11.6 Å². The second kappa shape index (κ2) is 7.32. The zero-order valence-electron chi connectivity index (χ0n) is 13.1. The summed E-state index contributed by atoms with van der Waals surface area (Å²) in [5.74, 6) is 1.20. The van der Waals surface area contributed by atoms with Gasteiger partial charge >= 0.3 is 5.91 Å². The van der Waals surface area contributed by atoms with E-state index in [2.05, 4.69) is 10.5 Å². The molecule has 3 rings (SSSR count). The van der Waals surface area contributed by atoms with Gasteiger partial charge in [-0.2, -0.15) is 5.10 Å². The lowest BCUT2D eigenvalue weighted by atomic mass is 10.2. The van der Waals surface area contributed by atoms with E-state index in [1.54, 1.807) is 42.7 Å². The predicted molar refractivity (Wildman–Crippen MR) is 91.1 cm³/mol. The number of carbonyl (C=O) groups excluding carboxylic acids is 1. The van der Waals surface area contributed by atoms with Gasteiger partial charge < -0.3 is 13.6 Å². The molecule has 0 aliphatic carbocycles. The first kappa shape index (κ1) is 15.6. The fourth-order valence-electron chi connectivity index (χ4n) is 2.11. The molecule has 0 aliphatic rings. The molecule has 1 aromatic carbocycles. The fraction of sp³-hybridized carbons (Fsp3) is 0.111. The van der Waals surface area contributed by atoms with Gasteiger partial charge in [-0.15, -0.1) is 0 Å². The lowest BCUT2D eigenvalue weighted by Gasteiger charge is -2.00. The average molecular weight is 324 g/mol. The van der Waals surface area contributed by atoms with Crippen molar-refractivity contribution in [3.05, 3.63) is 60.3 Å². The van der Waals surface area contributed by atoms with Crippen LogP contribution in [0.25, 0.3) is 17.0 Å². The summed E-state index contributed by atoms with van der Waals surface area (Å²) < 4.78 is 16.1. The highest BCUT2D eigenvalue weighted by Gasteiger charge is 2.12. The molecule has 2 heterocycles. The van der Waals surface area contributed by atoms with Crippen LogP contribution in [0.5, 0.6) is 5.75 Å². The summed E-state index contributed by atoms with van der Waals surface area (Å²) in [4.78, 5) is 12.0. The predicted octanol–water partition coefficient (Wildman–Crippen LogP) is 3.85. The van der Waals surface area contributed by atoms with Crippen LogP contribution in [0.15, 0.2) is 62.7 Å². The Labute approximate surface area is 138 Å². The molecule has 6 nitrogen and oxygen atoms in total. The molecule has 0 saturated heterocycles. The molecule has 0 aliphatic heterocycles. The minimum atomic E-state index is -0.424. The molecule has 0 bridgehead atoms. The Balaban J connectivity index is 1.63. The van der Waals surface area contributed by atoms with Gasteiger partial charge in [-0.05, 0) is 55.5 Å². The molecule has 0 fully saturated rings. The Morgan fingerprint density at radius 2 is 2.25 bits per heavy atom. The first-order valence-electron chi connectivity index (χ1n) is 7.46. The second-order valence-electron chi connectivity index (χ2n) is 4.84. The van der Waals surface area contributed by atoms with E-state index in [1.165, 1.54) is 6.21 Å². The zero-order valence-corrected chi connectivity index (χ0v) is 13.1. The van der Waals surface area contributed by atoms with E-state index < -0.39 is 5.91 Å². The quantitative estimate of drug-likeness (QED) is 0.552. The van der Waals surface area contributed by atoms with Crippen LogP contribution in [0.4, 0.5) is 0 Å². The molecule has 0 atom stereocenters. The maximum Gasteiger partial charge on any atom is 0.307 e. The number of benzene rings is 1. The molecule has 24 heavy (non-hydrogen) atoms. The molecule has 2 aromatic heterocycles. The third-order valence-corrected chi connectivity index (χ3v) is 3.15. The first-order chi connectivity index (χ1) is 11.8. The van der Waals surface area contributed by atoms with E-state index in [0.29, 0.717) is 18.0 Å². The molecule has 1 N–H and O–H groups in total. The average Bonchev–Trinajstić information content (AvgIpc) is 3.23. The summed E-state index contributed by atoms with van der Waals surface area (Å²) in [6, 6.07) is 10.7. The van der Waals surface area contributed by atoms with Gasteiger partial charge in [0.15, 0.2) is 5.76 Å². The number of rotatable bonds is 6. The summed E-state index contributed by atoms with van der Waals surface area (Å²) in [7, 11) is 0. The first-order valence-corrected chi connectivity index (χ1v) is 7.46. The molecule has 122 valence electrons. The summed E-state index contributed by atoms with van der Waals surface area (Å²) in [6.45, 7) is 2.49. The molecule has 0 saturated carbocycles. The van der Waals surface area contributed by atoms with Crippen molar-refractivity contribution in [3.8, 4) is 5.75 Å². The van der Waals surface area contributed by atoms with Gasteiger partial charge in [-0.1, -0.05) is 0 Å². The Bertz CT molecular complexity index is 876. The number of furan rings is 2. The van der Waals surface area contributed by atoms with Gasteiger partial charge in [-0.25, -0.2) is 5.43 Å². The van der Waals surface area contributed by atoms with Crippen molar-refractivity contribution < 1.29 is 18.4 Å². The Kier molecular flexibility index (Phi) is 4.76. The maximum atomic E-state index is 12.0. The van der Waals surface area contributed by atoms with Crippen LogP contribution in [-0.2, 0) is 0 Å². The van der Waals surface area contributed by atoms with E-state index in [9.17, 15) is 4.79 Å². The SMILES string of the molecule is CCOc1ccc2oc(C(=O)NN=CC=Cc3ccco3)cc2c1. The highest BCUT2D eigenvalue weighted by atomic mass is 16.5. The Hall–Kier alpha value is -3.28. The zero-order chi connectivity index (χ0) is 16.8. The van der Waals surface area contributed by atoms with E-state index in [0.717, 1.165) is 11.1 Å². The summed E-state index contributed by atoms with van der Waals surface area (Å²) in [5.41, 5.74) is 3.02. The summed E-state index contributed by atoms with van der Waals surface area (Å²) >= 11 is 0. The van der Waals surface area contributed by atoms with Crippen molar-refractivity contribution >= 4 is 29.2 Å². The topological polar surface area (TPSA) is 77.0 Å². The number of ether oxygens (including phenoxy) is 1. The van der Waals surface area contributed by atoms with Crippen LogP contribution in [0, 0.1) is 0 Å². The van der Waals surface area contributed by atoms with E-state index in [-0.39, 0.29) is 5.76 Å². The van der Waals surface area contributed by atoms with Crippen LogP contribution in [0.2, 0.25) is 0 Å². The van der Waals surface area contributed by atoms with Gasteiger partial charge in [0.1, 0.15) is 17.1 Å². The Morgan fingerprint density at radius 3 is 3.04 bits per heavy atom. The van der Waals surface area contributed by atoms with Gasteiger partial charge in [0.25, 0.3) is 0 Å². The van der Waals surface area contributed by atoms with E-state index in [1.807, 2.05) is 19.1 Å². The lowest BCUT2D eigenvalue weighted by molar-refractivity contribution is 0.0929. The van der Waals surface area contributed by atoms with Crippen LogP contribution in [0.1, 0.15) is 23.2 Å². The van der Waals surface area contributed by atoms with E-state index >= 15 is 0 Å². The van der Waals surface area contributed by atoms with Crippen molar-refractivity contribution in [2.75, 3.05) is 6.61 Å². The third kappa shape index (κ3) is 3.73. The Morgan fingerprint density at radius 1 is 1.33 bits per heavy atom. The molecule has 6 heteroatoms. The molecular weight excluding hydrogens is 308 g/mol. The van der Waals surface area contributed by atoms with Crippen molar-refractivity contribution in [2.24, 2.45) is 5.10 Å². The number of nitrogens with one attached hydrogen (secondary N) is 1. The number of hydrogen-bond acceptors (Lipinski definition) is 5. The standard InChI is InChI=1S/C18H16N2O4/c1-2-22-15-7-8-16-13(11-15)12-17(24-16)18(21)20-19-9-3-5-14-6-4-10-23-14/h3-12H,2H2,1H3,(H,20,21). The molecule has 3 aromatic rings. The number of fused-ring (bicyclic) bond motifs is 1. The fourth-order valence-corrected chi connectivity index (χ4v) is 2.11. The van der Waals surface area contributed by atoms with Crippen molar-refractivity contribution in [1.29, 1.82) is 0 Å². The van der Waals surface area contributed by atoms with Crippen molar-refractivity contribution in [3.63, 3.8) is 0 Å². The number of allylic oxidation sites excluding steroid dienone is 1. The largest absolute Gasteiger partial charge is 0.494 e. The normalized spacial score (nSPS) is 11.5. The third-order valence-electron chi connectivity index (χ3n) is 3.15. The van der Waals surface area contributed by atoms with Crippen molar-refractivity contribution in [1.82, 2.24) is 5.43 Å². The lowest BCUT2D eigenvalue weighted by Crippen LogP contribution is -2.16.